The quantitative estimate of drug-likeness (QED) is 0.745. The Labute approximate surface area is 147 Å². The Morgan fingerprint density at radius 3 is 2.88 bits per heavy atom. The Morgan fingerprint density at radius 2 is 2.04 bits per heavy atom. The first-order valence-electron chi connectivity index (χ1n) is 8.27. The van der Waals surface area contributed by atoms with Gasteiger partial charge in [0, 0.05) is 43.0 Å². The molecule has 1 fully saturated rings. The maximum atomic E-state index is 13.6. The van der Waals surface area contributed by atoms with Crippen LogP contribution in [-0.2, 0) is 0 Å². The average Bonchev–Trinajstić information content (AvgIpc) is 2.64. The van der Waals surface area contributed by atoms with Crippen LogP contribution in [0.25, 0.3) is 10.9 Å². The Hall–Kier alpha value is -3.10. The van der Waals surface area contributed by atoms with Gasteiger partial charge in [-0.25, -0.2) is 23.7 Å². The average molecular weight is 358 g/mol. The van der Waals surface area contributed by atoms with Gasteiger partial charge in [-0.05, 0) is 18.9 Å². The van der Waals surface area contributed by atoms with Crippen molar-refractivity contribution in [3.05, 3.63) is 52.8 Å². The van der Waals surface area contributed by atoms with Crippen molar-refractivity contribution in [3.8, 4) is 0 Å². The molecule has 3 heterocycles. The number of piperidine rings is 1. The summed E-state index contributed by atoms with van der Waals surface area (Å²) in [6, 6.07) is 2.13. The predicted molar refractivity (Wildman–Crippen MR) is 93.2 cm³/mol. The lowest BCUT2D eigenvalue weighted by Crippen LogP contribution is -2.44. The van der Waals surface area contributed by atoms with Crippen LogP contribution in [0.1, 0.15) is 12.8 Å². The third-order valence-corrected chi connectivity index (χ3v) is 4.43. The number of hydrogen-bond acceptors (Lipinski definition) is 6. The highest BCUT2D eigenvalue weighted by Gasteiger charge is 2.23. The van der Waals surface area contributed by atoms with Crippen LogP contribution < -0.4 is 15.8 Å². The van der Waals surface area contributed by atoms with E-state index in [1.54, 1.807) is 6.20 Å². The summed E-state index contributed by atoms with van der Waals surface area (Å²) in [5.74, 6) is -1.07. The van der Waals surface area contributed by atoms with Crippen LogP contribution in [0.2, 0.25) is 0 Å². The number of aromatic nitrogens is 4. The van der Waals surface area contributed by atoms with Crippen LogP contribution in [0.5, 0.6) is 0 Å². The molecule has 0 spiro atoms. The molecule has 1 saturated heterocycles. The van der Waals surface area contributed by atoms with Gasteiger partial charge in [0.15, 0.2) is 17.5 Å². The standard InChI is InChI=1S/C17H16F2N6O/c18-12-6-11-14(7-13(12)19)22-9-23-15(11)24-10-2-1-5-25(8-10)16-17(26)21-4-3-20-16/h3-4,6-7,9-10H,1-2,5,8H2,(H,21,26)(H,22,23,24)/t10-/m1/s1. The van der Waals surface area contributed by atoms with Crippen molar-refractivity contribution in [1.29, 1.82) is 0 Å². The predicted octanol–water partition coefficient (Wildman–Crippen LogP) is 2.07. The van der Waals surface area contributed by atoms with Crippen molar-refractivity contribution in [3.63, 3.8) is 0 Å². The molecule has 2 aromatic heterocycles. The molecule has 0 aliphatic carbocycles. The number of rotatable bonds is 3. The van der Waals surface area contributed by atoms with Crippen molar-refractivity contribution in [2.75, 3.05) is 23.3 Å². The summed E-state index contributed by atoms with van der Waals surface area (Å²) in [7, 11) is 0. The third kappa shape index (κ3) is 3.07. The first kappa shape index (κ1) is 16.4. The molecular weight excluding hydrogens is 342 g/mol. The molecule has 0 unspecified atom stereocenters. The van der Waals surface area contributed by atoms with Gasteiger partial charge in [0.05, 0.1) is 5.52 Å². The SMILES string of the molecule is O=c1[nH]ccnc1N1CCC[C@@H](Nc2ncnc3cc(F)c(F)cc23)C1. The molecule has 0 saturated carbocycles. The Balaban J connectivity index is 1.59. The topological polar surface area (TPSA) is 86.8 Å². The summed E-state index contributed by atoms with van der Waals surface area (Å²) in [5.41, 5.74) is 0.0911. The number of aromatic amines is 1. The van der Waals surface area contributed by atoms with Gasteiger partial charge in [-0.2, -0.15) is 0 Å². The Bertz CT molecular complexity index is 1010. The number of benzene rings is 1. The van der Waals surface area contributed by atoms with E-state index >= 15 is 0 Å². The van der Waals surface area contributed by atoms with Crippen molar-refractivity contribution >= 4 is 22.5 Å². The summed E-state index contributed by atoms with van der Waals surface area (Å²) in [4.78, 5) is 28.8. The zero-order valence-corrected chi connectivity index (χ0v) is 13.7. The molecular formula is C17H16F2N6O. The lowest BCUT2D eigenvalue weighted by Gasteiger charge is -2.33. The monoisotopic (exact) mass is 358 g/mol. The number of hydrogen-bond donors (Lipinski definition) is 2. The van der Waals surface area contributed by atoms with Gasteiger partial charge in [0.1, 0.15) is 12.1 Å². The second-order valence-corrected chi connectivity index (χ2v) is 6.18. The lowest BCUT2D eigenvalue weighted by atomic mass is 10.1. The summed E-state index contributed by atoms with van der Waals surface area (Å²) in [6.07, 6.45) is 6.07. The van der Waals surface area contributed by atoms with Gasteiger partial charge in [-0.1, -0.05) is 0 Å². The van der Waals surface area contributed by atoms with E-state index in [2.05, 4.69) is 25.3 Å². The Kier molecular flexibility index (Phi) is 4.19. The largest absolute Gasteiger partial charge is 0.365 e. The maximum absolute atomic E-state index is 13.6. The van der Waals surface area contributed by atoms with Crippen LogP contribution >= 0.6 is 0 Å². The van der Waals surface area contributed by atoms with Crippen LogP contribution in [0.15, 0.2) is 35.6 Å². The van der Waals surface area contributed by atoms with E-state index in [9.17, 15) is 13.6 Å². The number of halogens is 2. The molecule has 4 rings (SSSR count). The summed E-state index contributed by atoms with van der Waals surface area (Å²) in [6.45, 7) is 1.28. The molecule has 1 aliphatic rings. The van der Waals surface area contributed by atoms with E-state index in [1.165, 1.54) is 12.5 Å². The second kappa shape index (κ2) is 6.66. The van der Waals surface area contributed by atoms with E-state index in [4.69, 9.17) is 0 Å². The summed E-state index contributed by atoms with van der Waals surface area (Å²) >= 11 is 0. The zero-order chi connectivity index (χ0) is 18.1. The lowest BCUT2D eigenvalue weighted by molar-refractivity contribution is 0.510. The fourth-order valence-corrected chi connectivity index (χ4v) is 3.22. The van der Waals surface area contributed by atoms with Gasteiger partial charge in [0.25, 0.3) is 5.56 Å². The number of anilines is 2. The highest BCUT2D eigenvalue weighted by Crippen LogP contribution is 2.24. The van der Waals surface area contributed by atoms with Crippen molar-refractivity contribution in [2.24, 2.45) is 0 Å². The van der Waals surface area contributed by atoms with Crippen LogP contribution in [0.4, 0.5) is 20.4 Å². The molecule has 0 amide bonds. The van der Waals surface area contributed by atoms with E-state index in [-0.39, 0.29) is 11.6 Å². The molecule has 26 heavy (non-hydrogen) atoms. The van der Waals surface area contributed by atoms with Crippen LogP contribution in [-0.4, -0.2) is 39.1 Å². The van der Waals surface area contributed by atoms with Crippen LogP contribution in [0.3, 0.4) is 0 Å². The van der Waals surface area contributed by atoms with Crippen molar-refractivity contribution in [2.45, 2.75) is 18.9 Å². The molecule has 0 bridgehead atoms. The molecule has 134 valence electrons. The van der Waals surface area contributed by atoms with E-state index in [1.807, 2.05) is 4.90 Å². The molecule has 2 N–H and O–H groups in total. The maximum Gasteiger partial charge on any atom is 0.290 e. The molecule has 9 heteroatoms. The number of nitrogens with zero attached hydrogens (tertiary/aromatic N) is 4. The van der Waals surface area contributed by atoms with E-state index in [0.717, 1.165) is 31.5 Å². The molecule has 1 aliphatic heterocycles. The van der Waals surface area contributed by atoms with Crippen LogP contribution in [0, 0.1) is 11.6 Å². The minimum absolute atomic E-state index is 0.0172. The van der Waals surface area contributed by atoms with Gasteiger partial charge in [-0.15, -0.1) is 0 Å². The zero-order valence-electron chi connectivity index (χ0n) is 13.7. The molecule has 7 nitrogen and oxygen atoms in total. The van der Waals surface area contributed by atoms with Gasteiger partial charge in [0.2, 0.25) is 0 Å². The van der Waals surface area contributed by atoms with Gasteiger partial charge in [-0.3, -0.25) is 4.79 Å². The van der Waals surface area contributed by atoms with Crippen molar-refractivity contribution in [1.82, 2.24) is 19.9 Å². The fourth-order valence-electron chi connectivity index (χ4n) is 3.22. The molecule has 3 aromatic rings. The summed E-state index contributed by atoms with van der Waals surface area (Å²) in [5, 5.41) is 3.68. The highest BCUT2D eigenvalue weighted by atomic mass is 19.2. The van der Waals surface area contributed by atoms with Gasteiger partial charge >= 0.3 is 0 Å². The smallest absolute Gasteiger partial charge is 0.290 e. The summed E-state index contributed by atoms with van der Waals surface area (Å²) < 4.78 is 27.0. The normalized spacial score (nSPS) is 17.5. The third-order valence-electron chi connectivity index (χ3n) is 4.43. The first-order chi connectivity index (χ1) is 12.6. The number of H-pyrrole nitrogens is 1. The minimum Gasteiger partial charge on any atom is -0.365 e. The second-order valence-electron chi connectivity index (χ2n) is 6.18. The molecule has 1 aromatic carbocycles. The first-order valence-corrected chi connectivity index (χ1v) is 8.27. The fraction of sp³-hybridized carbons (Fsp3) is 0.294. The molecule has 1 atom stereocenters. The van der Waals surface area contributed by atoms with E-state index in [0.29, 0.717) is 29.1 Å². The van der Waals surface area contributed by atoms with E-state index < -0.39 is 11.6 Å². The Morgan fingerprint density at radius 1 is 1.19 bits per heavy atom. The minimum atomic E-state index is -0.944. The number of nitrogens with one attached hydrogen (secondary N) is 2. The van der Waals surface area contributed by atoms with Crippen molar-refractivity contribution < 1.29 is 8.78 Å². The highest BCUT2D eigenvalue weighted by molar-refractivity contribution is 5.89. The number of fused-ring (bicyclic) bond motifs is 1. The van der Waals surface area contributed by atoms with Gasteiger partial charge < -0.3 is 15.2 Å². The molecule has 0 radical (unpaired) electrons.